The van der Waals surface area contributed by atoms with Crippen LogP contribution in [0.1, 0.15) is 59.3 Å². The number of aromatic carboxylic acids is 1. The molecule has 2 aliphatic carbocycles. The molecule has 2 fully saturated rings. The molecular formula is C19H22N2O3. The van der Waals surface area contributed by atoms with E-state index in [-0.39, 0.29) is 11.1 Å². The normalized spacial score (nSPS) is 24.4. The fraction of sp³-hybridized carbons (Fsp3) is 0.474. The molecule has 1 aromatic heterocycles. The van der Waals surface area contributed by atoms with E-state index in [0.717, 1.165) is 32.2 Å². The summed E-state index contributed by atoms with van der Waals surface area (Å²) in [4.78, 5) is 15.5. The van der Waals surface area contributed by atoms with Gasteiger partial charge in [0, 0.05) is 18.5 Å². The predicted octanol–water partition coefficient (Wildman–Crippen LogP) is 3.25. The van der Waals surface area contributed by atoms with Gasteiger partial charge in [-0.3, -0.25) is 0 Å². The highest BCUT2D eigenvalue weighted by molar-refractivity contribution is 5.86. The van der Waals surface area contributed by atoms with Crippen LogP contribution in [0.15, 0.2) is 34.7 Å². The minimum absolute atomic E-state index is 0.0462. The van der Waals surface area contributed by atoms with Crippen molar-refractivity contribution in [3.8, 4) is 0 Å². The minimum Gasteiger partial charge on any atom is -0.476 e. The van der Waals surface area contributed by atoms with Crippen molar-refractivity contribution < 1.29 is 14.3 Å². The van der Waals surface area contributed by atoms with Crippen LogP contribution in [0.4, 0.5) is 0 Å². The van der Waals surface area contributed by atoms with E-state index >= 15 is 0 Å². The molecule has 2 N–H and O–H groups in total. The number of hydrogen-bond acceptors (Lipinski definition) is 4. The lowest BCUT2D eigenvalue weighted by molar-refractivity contribution is 0.0689. The maximum absolute atomic E-state index is 11.2. The van der Waals surface area contributed by atoms with Gasteiger partial charge in [0.2, 0.25) is 5.89 Å². The van der Waals surface area contributed by atoms with Crippen molar-refractivity contribution in [1.29, 1.82) is 0 Å². The van der Waals surface area contributed by atoms with Crippen LogP contribution in [0.2, 0.25) is 0 Å². The summed E-state index contributed by atoms with van der Waals surface area (Å²) in [7, 11) is 0. The maximum atomic E-state index is 11.2. The molecule has 0 amide bonds. The second-order valence-corrected chi connectivity index (χ2v) is 7.10. The van der Waals surface area contributed by atoms with E-state index in [0.29, 0.717) is 23.6 Å². The van der Waals surface area contributed by atoms with Crippen LogP contribution in [0, 0.1) is 6.92 Å². The average molecular weight is 326 g/mol. The number of hydrogen-bond donors (Lipinski definition) is 2. The SMILES string of the molecule is Cc1oc(C2(CN[C@H]3CC3c3ccccc3)CCC2)nc1C(=O)O. The Morgan fingerprint density at radius 3 is 2.71 bits per heavy atom. The summed E-state index contributed by atoms with van der Waals surface area (Å²) in [5.41, 5.74) is 1.30. The molecule has 0 spiro atoms. The molecule has 0 radical (unpaired) electrons. The third-order valence-corrected chi connectivity index (χ3v) is 5.48. The van der Waals surface area contributed by atoms with Gasteiger partial charge in [0.05, 0.1) is 5.41 Å². The van der Waals surface area contributed by atoms with Crippen molar-refractivity contribution in [2.45, 2.75) is 50.0 Å². The Labute approximate surface area is 141 Å². The molecule has 0 saturated heterocycles. The highest BCUT2D eigenvalue weighted by Crippen LogP contribution is 2.46. The molecule has 4 rings (SSSR count). The van der Waals surface area contributed by atoms with Crippen LogP contribution < -0.4 is 5.32 Å². The first-order valence-electron chi connectivity index (χ1n) is 8.59. The van der Waals surface area contributed by atoms with Crippen molar-refractivity contribution in [2.75, 3.05) is 6.54 Å². The summed E-state index contributed by atoms with van der Waals surface area (Å²) in [5, 5.41) is 12.8. The summed E-state index contributed by atoms with van der Waals surface area (Å²) < 4.78 is 5.72. The Hall–Kier alpha value is -2.14. The number of aryl methyl sites for hydroxylation is 1. The first-order chi connectivity index (χ1) is 11.6. The Morgan fingerprint density at radius 2 is 2.12 bits per heavy atom. The van der Waals surface area contributed by atoms with Crippen LogP contribution in [-0.2, 0) is 5.41 Å². The molecule has 24 heavy (non-hydrogen) atoms. The Balaban J connectivity index is 1.43. The lowest BCUT2D eigenvalue weighted by atomic mass is 9.68. The second kappa shape index (κ2) is 5.74. The molecule has 5 nitrogen and oxygen atoms in total. The van der Waals surface area contributed by atoms with Crippen molar-refractivity contribution in [3.05, 3.63) is 53.2 Å². The highest BCUT2D eigenvalue weighted by Gasteiger charge is 2.46. The van der Waals surface area contributed by atoms with Crippen molar-refractivity contribution in [2.24, 2.45) is 0 Å². The molecule has 2 atom stereocenters. The third kappa shape index (κ3) is 2.63. The van der Waals surface area contributed by atoms with Crippen LogP contribution in [0.25, 0.3) is 0 Å². The fourth-order valence-electron chi connectivity index (χ4n) is 3.71. The lowest BCUT2D eigenvalue weighted by Crippen LogP contribution is -2.45. The predicted molar refractivity (Wildman–Crippen MR) is 89.3 cm³/mol. The highest BCUT2D eigenvalue weighted by atomic mass is 16.4. The van der Waals surface area contributed by atoms with Crippen molar-refractivity contribution >= 4 is 5.97 Å². The zero-order chi connectivity index (χ0) is 16.7. The molecule has 0 aliphatic heterocycles. The summed E-state index contributed by atoms with van der Waals surface area (Å²) in [6.45, 7) is 2.48. The Kier molecular flexibility index (Phi) is 3.68. The molecule has 126 valence electrons. The standard InChI is InChI=1S/C19H22N2O3/c1-12-16(17(22)23)21-18(24-12)19(8-5-9-19)11-20-15-10-14(15)13-6-3-2-4-7-13/h2-4,6-7,14-15,20H,5,8-11H2,1H3,(H,22,23)/t14?,15-/m0/s1. The van der Waals surface area contributed by atoms with Crippen LogP contribution in [0.5, 0.6) is 0 Å². The van der Waals surface area contributed by atoms with E-state index in [1.165, 1.54) is 5.56 Å². The number of carboxylic acids is 1. The maximum Gasteiger partial charge on any atom is 0.358 e. The lowest BCUT2D eigenvalue weighted by Gasteiger charge is -2.39. The van der Waals surface area contributed by atoms with E-state index in [9.17, 15) is 9.90 Å². The molecule has 1 aromatic carbocycles. The largest absolute Gasteiger partial charge is 0.476 e. The van der Waals surface area contributed by atoms with E-state index in [4.69, 9.17) is 4.42 Å². The summed E-state index contributed by atoms with van der Waals surface area (Å²) >= 11 is 0. The van der Waals surface area contributed by atoms with Crippen molar-refractivity contribution in [1.82, 2.24) is 10.3 Å². The molecule has 1 heterocycles. The number of rotatable bonds is 6. The van der Waals surface area contributed by atoms with Gasteiger partial charge in [0.15, 0.2) is 5.69 Å². The third-order valence-electron chi connectivity index (χ3n) is 5.48. The van der Waals surface area contributed by atoms with Crippen molar-refractivity contribution in [3.63, 3.8) is 0 Å². The fourth-order valence-corrected chi connectivity index (χ4v) is 3.71. The zero-order valence-corrected chi connectivity index (χ0v) is 13.8. The number of oxazole rings is 1. The number of carbonyl (C=O) groups is 1. The van der Waals surface area contributed by atoms with E-state index in [1.807, 2.05) is 6.07 Å². The molecule has 5 heteroatoms. The topological polar surface area (TPSA) is 75.4 Å². The first-order valence-corrected chi connectivity index (χ1v) is 8.59. The van der Waals surface area contributed by atoms with Crippen LogP contribution in [0.3, 0.4) is 0 Å². The van der Waals surface area contributed by atoms with Gasteiger partial charge in [0.1, 0.15) is 5.76 Å². The van der Waals surface area contributed by atoms with Crippen LogP contribution >= 0.6 is 0 Å². The van der Waals surface area contributed by atoms with Gasteiger partial charge < -0.3 is 14.8 Å². The quantitative estimate of drug-likeness (QED) is 0.852. The van der Waals surface area contributed by atoms with Gasteiger partial charge in [0.25, 0.3) is 0 Å². The van der Waals surface area contributed by atoms with Gasteiger partial charge >= 0.3 is 5.97 Å². The smallest absolute Gasteiger partial charge is 0.358 e. The van der Waals surface area contributed by atoms with Gasteiger partial charge in [-0.05, 0) is 31.7 Å². The average Bonchev–Trinajstić information content (AvgIpc) is 3.21. The summed E-state index contributed by atoms with van der Waals surface area (Å²) in [5.74, 6) is 0.561. The first kappa shape index (κ1) is 15.4. The molecule has 1 unspecified atom stereocenters. The number of aromatic nitrogens is 1. The van der Waals surface area contributed by atoms with Gasteiger partial charge in [-0.2, -0.15) is 0 Å². The molecular weight excluding hydrogens is 304 g/mol. The second-order valence-electron chi connectivity index (χ2n) is 7.10. The molecule has 0 bridgehead atoms. The van der Waals surface area contributed by atoms with Gasteiger partial charge in [-0.15, -0.1) is 0 Å². The van der Waals surface area contributed by atoms with E-state index in [1.54, 1.807) is 6.92 Å². The summed E-state index contributed by atoms with van der Waals surface area (Å²) in [6, 6.07) is 11.1. The number of nitrogens with zero attached hydrogens (tertiary/aromatic N) is 1. The van der Waals surface area contributed by atoms with E-state index in [2.05, 4.69) is 34.6 Å². The Morgan fingerprint density at radius 1 is 1.38 bits per heavy atom. The number of nitrogens with one attached hydrogen (secondary N) is 1. The van der Waals surface area contributed by atoms with Gasteiger partial charge in [-0.25, -0.2) is 9.78 Å². The van der Waals surface area contributed by atoms with E-state index < -0.39 is 5.97 Å². The monoisotopic (exact) mass is 326 g/mol. The number of carboxylic acid groups (broad SMARTS) is 1. The number of benzene rings is 1. The molecule has 2 aromatic rings. The Bertz CT molecular complexity index is 749. The molecule has 2 saturated carbocycles. The van der Waals surface area contributed by atoms with Gasteiger partial charge in [-0.1, -0.05) is 36.8 Å². The summed E-state index contributed by atoms with van der Waals surface area (Å²) in [6.07, 6.45) is 4.30. The molecule has 2 aliphatic rings. The van der Waals surface area contributed by atoms with Crippen LogP contribution in [-0.4, -0.2) is 28.6 Å². The minimum atomic E-state index is -1.02. The zero-order valence-electron chi connectivity index (χ0n) is 13.8.